The summed E-state index contributed by atoms with van der Waals surface area (Å²) in [5.41, 5.74) is 5.41. The van der Waals surface area contributed by atoms with Gasteiger partial charge in [-0.15, -0.1) is 11.3 Å². The van der Waals surface area contributed by atoms with Gasteiger partial charge in [-0.05, 0) is 67.0 Å². The zero-order valence-electron chi connectivity index (χ0n) is 22.3. The lowest BCUT2D eigenvalue weighted by Gasteiger charge is -2.18. The fraction of sp³-hybridized carbons (Fsp3) is 0.333. The van der Waals surface area contributed by atoms with Crippen molar-refractivity contribution >= 4 is 33.7 Å². The molecular formula is C30H32N4O4S. The molecule has 1 N–H and O–H groups in total. The van der Waals surface area contributed by atoms with Gasteiger partial charge in [-0.3, -0.25) is 14.2 Å². The highest BCUT2D eigenvalue weighted by Gasteiger charge is 2.25. The summed E-state index contributed by atoms with van der Waals surface area (Å²) in [6.07, 6.45) is 6.70. The lowest BCUT2D eigenvalue weighted by Crippen LogP contribution is -2.34. The second-order valence-electron chi connectivity index (χ2n) is 9.89. The third-order valence-corrected chi connectivity index (χ3v) is 8.27. The molecule has 2 aromatic carbocycles. The van der Waals surface area contributed by atoms with E-state index in [4.69, 9.17) is 9.47 Å². The first kappa shape index (κ1) is 26.6. The number of nitrogens with one attached hydrogen (secondary N) is 1. The van der Waals surface area contributed by atoms with Gasteiger partial charge in [-0.25, -0.2) is 10.4 Å². The van der Waals surface area contributed by atoms with E-state index in [-0.39, 0.29) is 5.56 Å². The van der Waals surface area contributed by atoms with Gasteiger partial charge in [0.05, 0.1) is 31.6 Å². The van der Waals surface area contributed by atoms with E-state index in [2.05, 4.69) is 34.6 Å². The molecule has 1 aliphatic rings. The van der Waals surface area contributed by atoms with E-state index >= 15 is 0 Å². The van der Waals surface area contributed by atoms with Crippen LogP contribution >= 0.6 is 11.3 Å². The summed E-state index contributed by atoms with van der Waals surface area (Å²) < 4.78 is 12.8. The third-order valence-electron chi connectivity index (χ3n) is 7.10. The number of fused-ring (bicyclic) bond motifs is 3. The Kier molecular flexibility index (Phi) is 8.07. The number of ether oxygens (including phenoxy) is 2. The summed E-state index contributed by atoms with van der Waals surface area (Å²) in [5.74, 6) is 1.42. The van der Waals surface area contributed by atoms with Crippen LogP contribution in [0.2, 0.25) is 0 Å². The summed E-state index contributed by atoms with van der Waals surface area (Å²) in [5, 5.41) is 4.76. The Hall–Kier alpha value is -3.98. The lowest BCUT2D eigenvalue weighted by atomic mass is 9.89. The van der Waals surface area contributed by atoms with Crippen LogP contribution in [0.1, 0.15) is 47.9 Å². The molecule has 0 aliphatic heterocycles. The number of hydrogen-bond donors (Lipinski definition) is 1. The molecule has 1 amide bonds. The fourth-order valence-electron chi connectivity index (χ4n) is 4.82. The van der Waals surface area contributed by atoms with Gasteiger partial charge in [-0.1, -0.05) is 37.3 Å². The highest BCUT2D eigenvalue weighted by molar-refractivity contribution is 7.18. The van der Waals surface area contributed by atoms with E-state index in [1.807, 2.05) is 30.3 Å². The third kappa shape index (κ3) is 5.88. The number of methoxy groups -OCH3 is 1. The number of rotatable bonds is 9. The van der Waals surface area contributed by atoms with Crippen LogP contribution in [-0.2, 0) is 24.1 Å². The molecule has 4 aromatic rings. The smallest absolute Gasteiger partial charge is 0.263 e. The van der Waals surface area contributed by atoms with Crippen LogP contribution in [0, 0.1) is 5.92 Å². The topological polar surface area (TPSA) is 94.8 Å². The molecule has 5 rings (SSSR count). The number of benzene rings is 2. The predicted molar refractivity (Wildman–Crippen MR) is 154 cm³/mol. The second-order valence-corrected chi connectivity index (χ2v) is 11.0. The van der Waals surface area contributed by atoms with Gasteiger partial charge < -0.3 is 9.47 Å². The molecule has 9 heteroatoms. The minimum atomic E-state index is -0.764. The number of hydrazone groups is 1. The van der Waals surface area contributed by atoms with Crippen molar-refractivity contribution in [1.82, 2.24) is 15.0 Å². The zero-order valence-corrected chi connectivity index (χ0v) is 23.2. The molecule has 0 fully saturated rings. The number of carbonyl (C=O) groups excluding carboxylic acids is 1. The molecule has 0 radical (unpaired) electrons. The van der Waals surface area contributed by atoms with E-state index < -0.39 is 11.9 Å². The van der Waals surface area contributed by atoms with Crippen LogP contribution in [0.25, 0.3) is 10.2 Å². The maximum absolute atomic E-state index is 13.3. The minimum Gasteiger partial charge on any atom is -0.493 e. The largest absolute Gasteiger partial charge is 0.493 e. The summed E-state index contributed by atoms with van der Waals surface area (Å²) >= 11 is 1.60. The SMILES string of the molecule is COc1cc(/C=N\NC(=O)[C@H](C)n2cnc3sc4c(c3c2=O)CC[C@@H](C)C4)ccc1OCCc1ccccc1. The molecule has 0 bridgehead atoms. The molecule has 39 heavy (non-hydrogen) atoms. The molecule has 202 valence electrons. The van der Waals surface area contributed by atoms with E-state index in [9.17, 15) is 9.59 Å². The first-order valence-corrected chi connectivity index (χ1v) is 13.9. The Morgan fingerprint density at radius 3 is 2.87 bits per heavy atom. The van der Waals surface area contributed by atoms with Gasteiger partial charge in [0.25, 0.3) is 11.5 Å². The Morgan fingerprint density at radius 2 is 2.08 bits per heavy atom. The Balaban J connectivity index is 1.23. The van der Waals surface area contributed by atoms with Crippen LogP contribution < -0.4 is 20.5 Å². The lowest BCUT2D eigenvalue weighted by molar-refractivity contribution is -0.123. The Labute approximate surface area is 231 Å². The maximum Gasteiger partial charge on any atom is 0.263 e. The number of amides is 1. The number of aromatic nitrogens is 2. The summed E-state index contributed by atoms with van der Waals surface area (Å²) in [6, 6.07) is 14.8. The van der Waals surface area contributed by atoms with Gasteiger partial charge in [0.1, 0.15) is 10.9 Å². The first-order chi connectivity index (χ1) is 18.9. The van der Waals surface area contributed by atoms with Gasteiger partial charge >= 0.3 is 0 Å². The van der Waals surface area contributed by atoms with Gasteiger partial charge in [-0.2, -0.15) is 5.10 Å². The fourth-order valence-corrected chi connectivity index (χ4v) is 6.16. The van der Waals surface area contributed by atoms with Crippen molar-refractivity contribution in [3.05, 3.63) is 86.8 Å². The van der Waals surface area contributed by atoms with Crippen molar-refractivity contribution in [3.63, 3.8) is 0 Å². The normalized spacial score (nSPS) is 15.7. The zero-order chi connectivity index (χ0) is 27.4. The molecule has 2 heterocycles. The van der Waals surface area contributed by atoms with Crippen LogP contribution in [0.4, 0.5) is 0 Å². The molecule has 1 aliphatic carbocycles. The molecule has 0 saturated heterocycles. The molecule has 0 saturated carbocycles. The van der Waals surface area contributed by atoms with Crippen molar-refractivity contribution < 1.29 is 14.3 Å². The van der Waals surface area contributed by atoms with Crippen molar-refractivity contribution in [2.24, 2.45) is 11.0 Å². The molecule has 2 aromatic heterocycles. The van der Waals surface area contributed by atoms with Crippen molar-refractivity contribution in [2.45, 2.75) is 45.6 Å². The van der Waals surface area contributed by atoms with Crippen LogP contribution in [0.15, 0.2) is 64.8 Å². The number of nitrogens with zero attached hydrogens (tertiary/aromatic N) is 3. The summed E-state index contributed by atoms with van der Waals surface area (Å²) in [6.45, 7) is 4.43. The summed E-state index contributed by atoms with van der Waals surface area (Å²) in [7, 11) is 1.58. The van der Waals surface area contributed by atoms with E-state index in [1.165, 1.54) is 27.5 Å². The average molecular weight is 545 g/mol. The molecular weight excluding hydrogens is 512 g/mol. The monoisotopic (exact) mass is 544 g/mol. The van der Waals surface area contributed by atoms with E-state index in [1.54, 1.807) is 31.4 Å². The highest BCUT2D eigenvalue weighted by atomic mass is 32.1. The molecule has 0 unspecified atom stereocenters. The molecule has 0 spiro atoms. The van der Waals surface area contributed by atoms with E-state index in [0.717, 1.165) is 41.6 Å². The summed E-state index contributed by atoms with van der Waals surface area (Å²) in [4.78, 5) is 32.7. The maximum atomic E-state index is 13.3. The van der Waals surface area contributed by atoms with Crippen LogP contribution in [0.5, 0.6) is 11.5 Å². The Morgan fingerprint density at radius 1 is 1.26 bits per heavy atom. The van der Waals surface area contributed by atoms with Gasteiger partial charge in [0, 0.05) is 11.3 Å². The number of thiophene rings is 1. The minimum absolute atomic E-state index is 0.175. The van der Waals surface area contributed by atoms with Crippen LogP contribution in [0.3, 0.4) is 0 Å². The highest BCUT2D eigenvalue weighted by Crippen LogP contribution is 2.35. The molecule has 8 nitrogen and oxygen atoms in total. The Bertz CT molecular complexity index is 1560. The number of hydrogen-bond acceptors (Lipinski definition) is 7. The van der Waals surface area contributed by atoms with E-state index in [0.29, 0.717) is 29.4 Å². The van der Waals surface area contributed by atoms with Gasteiger partial charge in [0.15, 0.2) is 11.5 Å². The number of carbonyl (C=O) groups is 1. The van der Waals surface area contributed by atoms with Crippen molar-refractivity contribution in [3.8, 4) is 11.5 Å². The van der Waals surface area contributed by atoms with Crippen LogP contribution in [-0.4, -0.2) is 35.4 Å². The molecule has 2 atom stereocenters. The quantitative estimate of drug-likeness (QED) is 0.238. The predicted octanol–water partition coefficient (Wildman–Crippen LogP) is 4.92. The second kappa shape index (κ2) is 11.8. The van der Waals surface area contributed by atoms with Crippen molar-refractivity contribution in [2.75, 3.05) is 13.7 Å². The average Bonchev–Trinajstić information content (AvgIpc) is 3.32. The van der Waals surface area contributed by atoms with Gasteiger partial charge in [0.2, 0.25) is 0 Å². The number of aryl methyl sites for hydroxylation is 1. The van der Waals surface area contributed by atoms with Crippen molar-refractivity contribution in [1.29, 1.82) is 0 Å². The first-order valence-electron chi connectivity index (χ1n) is 13.1. The standard InChI is InChI=1S/C30H32N4O4S/c1-19-9-11-23-26(15-19)39-29-27(23)30(36)34(18-31-29)20(2)28(35)33-32-17-22-10-12-24(25(16-22)37-3)38-14-13-21-7-5-4-6-8-21/h4-8,10,12,16-20H,9,11,13-15H2,1-3H3,(H,33,35)/b32-17-/t19-,20+/m1/s1.